The summed E-state index contributed by atoms with van der Waals surface area (Å²) in [6.07, 6.45) is 0. The number of nitrogens with zero attached hydrogens (tertiary/aromatic N) is 1. The SMILES string of the molecule is COc1ccc(/C(O)=C2/C(=O)C(=O)N(c3ccc(F)c(Cl)c3)C2c2ccccc2)cc1C(C)(C)C. The summed E-state index contributed by atoms with van der Waals surface area (Å²) in [6, 6.07) is 16.9. The molecular weight excluding hydrogens is 469 g/mol. The van der Waals surface area contributed by atoms with Gasteiger partial charge in [-0.3, -0.25) is 14.5 Å². The van der Waals surface area contributed by atoms with Crippen molar-refractivity contribution in [3.05, 3.63) is 99.8 Å². The lowest BCUT2D eigenvalue weighted by molar-refractivity contribution is -0.132. The summed E-state index contributed by atoms with van der Waals surface area (Å²) in [5.41, 5.74) is 1.70. The molecule has 35 heavy (non-hydrogen) atoms. The van der Waals surface area contributed by atoms with Gasteiger partial charge in [-0.25, -0.2) is 4.39 Å². The lowest BCUT2D eigenvalue weighted by Gasteiger charge is -2.26. The highest BCUT2D eigenvalue weighted by molar-refractivity contribution is 6.51. The average Bonchev–Trinajstić information content (AvgIpc) is 3.10. The smallest absolute Gasteiger partial charge is 0.300 e. The van der Waals surface area contributed by atoms with Crippen LogP contribution in [0.2, 0.25) is 5.02 Å². The largest absolute Gasteiger partial charge is 0.507 e. The third-order valence-corrected chi connectivity index (χ3v) is 6.31. The normalized spacial score (nSPS) is 17.7. The molecule has 1 N–H and O–H groups in total. The molecule has 1 saturated heterocycles. The minimum absolute atomic E-state index is 0.0633. The maximum atomic E-state index is 13.8. The minimum atomic E-state index is -0.932. The maximum Gasteiger partial charge on any atom is 0.300 e. The number of aliphatic hydroxyl groups excluding tert-OH is 1. The van der Waals surface area contributed by atoms with Crippen LogP contribution in [0.1, 0.15) is 43.5 Å². The molecule has 0 spiro atoms. The van der Waals surface area contributed by atoms with Crippen LogP contribution in [0.3, 0.4) is 0 Å². The van der Waals surface area contributed by atoms with Gasteiger partial charge in [0.25, 0.3) is 11.7 Å². The molecule has 3 aromatic carbocycles. The predicted octanol–water partition coefficient (Wildman–Crippen LogP) is 6.41. The molecule has 180 valence electrons. The Balaban J connectivity index is 1.95. The molecule has 0 bridgehead atoms. The summed E-state index contributed by atoms with van der Waals surface area (Å²) in [6.45, 7) is 6.03. The van der Waals surface area contributed by atoms with E-state index in [2.05, 4.69) is 0 Å². The highest BCUT2D eigenvalue weighted by Crippen LogP contribution is 2.43. The first-order valence-corrected chi connectivity index (χ1v) is 11.4. The lowest BCUT2D eigenvalue weighted by Crippen LogP contribution is -2.29. The Morgan fingerprint density at radius 3 is 2.31 bits per heavy atom. The molecule has 4 rings (SSSR count). The van der Waals surface area contributed by atoms with Crippen LogP contribution in [0.5, 0.6) is 5.75 Å². The third-order valence-electron chi connectivity index (χ3n) is 6.02. The third kappa shape index (κ3) is 4.42. The molecule has 1 aliphatic heterocycles. The number of ketones is 1. The highest BCUT2D eigenvalue weighted by Gasteiger charge is 2.47. The van der Waals surface area contributed by atoms with Crippen molar-refractivity contribution in [1.29, 1.82) is 0 Å². The lowest BCUT2D eigenvalue weighted by atomic mass is 9.84. The van der Waals surface area contributed by atoms with Crippen LogP contribution in [-0.4, -0.2) is 23.9 Å². The van der Waals surface area contributed by atoms with Crippen molar-refractivity contribution >= 4 is 34.7 Å². The Labute approximate surface area is 208 Å². The first-order chi connectivity index (χ1) is 16.5. The number of rotatable bonds is 4. The number of anilines is 1. The van der Waals surface area contributed by atoms with E-state index in [1.807, 2.05) is 26.8 Å². The van der Waals surface area contributed by atoms with Gasteiger partial charge in [0.1, 0.15) is 17.3 Å². The van der Waals surface area contributed by atoms with E-state index < -0.39 is 23.5 Å². The summed E-state index contributed by atoms with van der Waals surface area (Å²) < 4.78 is 19.3. The number of carbonyl (C=O) groups excluding carboxylic acids is 2. The molecule has 1 unspecified atom stereocenters. The van der Waals surface area contributed by atoms with Gasteiger partial charge in [0, 0.05) is 16.8 Å². The molecule has 1 atom stereocenters. The predicted molar refractivity (Wildman–Crippen MR) is 134 cm³/mol. The zero-order chi connectivity index (χ0) is 25.5. The number of carbonyl (C=O) groups is 2. The molecule has 1 aliphatic rings. The van der Waals surface area contributed by atoms with Crippen molar-refractivity contribution in [3.8, 4) is 5.75 Å². The van der Waals surface area contributed by atoms with Gasteiger partial charge in [-0.1, -0.05) is 62.7 Å². The molecule has 0 saturated carbocycles. The minimum Gasteiger partial charge on any atom is -0.507 e. The summed E-state index contributed by atoms with van der Waals surface area (Å²) in [7, 11) is 1.57. The number of amides is 1. The van der Waals surface area contributed by atoms with Gasteiger partial charge in [-0.15, -0.1) is 0 Å². The van der Waals surface area contributed by atoms with Crippen LogP contribution < -0.4 is 9.64 Å². The van der Waals surface area contributed by atoms with E-state index >= 15 is 0 Å². The summed E-state index contributed by atoms with van der Waals surface area (Å²) >= 11 is 5.98. The number of hydrogen-bond donors (Lipinski definition) is 1. The highest BCUT2D eigenvalue weighted by atomic mass is 35.5. The van der Waals surface area contributed by atoms with E-state index in [1.54, 1.807) is 49.6 Å². The quantitative estimate of drug-likeness (QED) is 0.259. The van der Waals surface area contributed by atoms with E-state index in [0.717, 1.165) is 11.6 Å². The van der Waals surface area contributed by atoms with E-state index in [9.17, 15) is 19.1 Å². The van der Waals surface area contributed by atoms with Gasteiger partial charge >= 0.3 is 0 Å². The van der Waals surface area contributed by atoms with E-state index in [-0.39, 0.29) is 27.5 Å². The second-order valence-electron chi connectivity index (χ2n) is 9.34. The summed E-state index contributed by atoms with van der Waals surface area (Å²) in [5.74, 6) is -1.98. The van der Waals surface area contributed by atoms with Gasteiger partial charge in [0.2, 0.25) is 0 Å². The van der Waals surface area contributed by atoms with Gasteiger partial charge in [-0.2, -0.15) is 0 Å². The summed E-state index contributed by atoms with van der Waals surface area (Å²) in [5, 5.41) is 11.2. The van der Waals surface area contributed by atoms with Crippen molar-refractivity contribution in [2.45, 2.75) is 32.2 Å². The number of aliphatic hydroxyl groups is 1. The fraction of sp³-hybridized carbons (Fsp3) is 0.214. The fourth-order valence-electron chi connectivity index (χ4n) is 4.28. The molecule has 0 radical (unpaired) electrons. The number of benzene rings is 3. The maximum absolute atomic E-state index is 13.8. The second kappa shape index (κ2) is 9.19. The Hall–Kier alpha value is -3.64. The van der Waals surface area contributed by atoms with Crippen LogP contribution >= 0.6 is 11.6 Å². The van der Waals surface area contributed by atoms with Crippen LogP contribution in [0.4, 0.5) is 10.1 Å². The molecule has 3 aromatic rings. The standard InChI is InChI=1S/C28H25ClFNO4/c1-28(2,3)19-14-17(10-13-22(19)35-4)25(32)23-24(16-8-6-5-7-9-16)31(27(34)26(23)33)18-11-12-21(30)20(29)15-18/h5-15,24,32H,1-4H3/b25-23-. The topological polar surface area (TPSA) is 66.8 Å². The van der Waals surface area contributed by atoms with Crippen LogP contribution in [0.25, 0.3) is 5.76 Å². The zero-order valence-corrected chi connectivity index (χ0v) is 20.6. The Morgan fingerprint density at radius 2 is 1.71 bits per heavy atom. The zero-order valence-electron chi connectivity index (χ0n) is 19.8. The van der Waals surface area contributed by atoms with E-state index in [0.29, 0.717) is 16.9 Å². The molecule has 0 aliphatic carbocycles. The van der Waals surface area contributed by atoms with Gasteiger partial charge in [-0.05, 0) is 47.4 Å². The van der Waals surface area contributed by atoms with Crippen LogP contribution in [0.15, 0.2) is 72.3 Å². The second-order valence-corrected chi connectivity index (χ2v) is 9.75. The van der Waals surface area contributed by atoms with Crippen molar-refractivity contribution in [1.82, 2.24) is 0 Å². The number of methoxy groups -OCH3 is 1. The van der Waals surface area contributed by atoms with Crippen LogP contribution in [0, 0.1) is 5.82 Å². The Kier molecular flexibility index (Phi) is 6.43. The summed E-state index contributed by atoms with van der Waals surface area (Å²) in [4.78, 5) is 27.8. The van der Waals surface area contributed by atoms with Gasteiger partial charge in [0.05, 0.1) is 23.7 Å². The van der Waals surface area contributed by atoms with Gasteiger partial charge in [0.15, 0.2) is 0 Å². The average molecular weight is 494 g/mol. The van der Waals surface area contributed by atoms with Crippen molar-refractivity contribution < 1.29 is 23.8 Å². The van der Waals surface area contributed by atoms with E-state index in [4.69, 9.17) is 16.3 Å². The molecule has 0 aromatic heterocycles. The van der Waals surface area contributed by atoms with E-state index in [1.165, 1.54) is 17.0 Å². The number of ether oxygens (including phenoxy) is 1. The molecule has 1 heterocycles. The first kappa shape index (κ1) is 24.5. The van der Waals surface area contributed by atoms with Gasteiger partial charge < -0.3 is 9.84 Å². The molecule has 1 fully saturated rings. The molecule has 1 amide bonds. The monoisotopic (exact) mass is 493 g/mol. The number of Topliss-reactive ketones (excluding diaryl/α,β-unsaturated/α-hetero) is 1. The molecule has 5 nitrogen and oxygen atoms in total. The molecule has 7 heteroatoms. The van der Waals surface area contributed by atoms with Crippen molar-refractivity contribution in [2.75, 3.05) is 12.0 Å². The molecular formula is C28H25ClFNO4. The Bertz CT molecular complexity index is 1340. The first-order valence-electron chi connectivity index (χ1n) is 11.0. The fourth-order valence-corrected chi connectivity index (χ4v) is 4.46. The number of halogens is 2. The Morgan fingerprint density at radius 1 is 1.03 bits per heavy atom. The van der Waals surface area contributed by atoms with Crippen molar-refractivity contribution in [2.24, 2.45) is 0 Å². The number of hydrogen-bond acceptors (Lipinski definition) is 4. The van der Waals surface area contributed by atoms with Crippen LogP contribution in [-0.2, 0) is 15.0 Å². The van der Waals surface area contributed by atoms with Crippen molar-refractivity contribution in [3.63, 3.8) is 0 Å².